The number of hydrogen-bond donors (Lipinski definition) is 2. The molecule has 0 heterocycles. The summed E-state index contributed by atoms with van der Waals surface area (Å²) in [4.78, 5) is 23.8. The van der Waals surface area contributed by atoms with Crippen LogP contribution >= 0.6 is 0 Å². The third-order valence-corrected chi connectivity index (χ3v) is 3.58. The second kappa shape index (κ2) is 7.03. The highest BCUT2D eigenvalue weighted by molar-refractivity contribution is 5.88. The summed E-state index contributed by atoms with van der Waals surface area (Å²) < 4.78 is 13.5. The van der Waals surface area contributed by atoms with Crippen LogP contribution in [0.2, 0.25) is 0 Å². The zero-order chi connectivity index (χ0) is 16.9. The molecule has 6 heteroatoms. The van der Waals surface area contributed by atoms with Crippen LogP contribution in [0.15, 0.2) is 18.2 Å². The third kappa shape index (κ3) is 4.04. The summed E-state index contributed by atoms with van der Waals surface area (Å²) >= 11 is 0. The van der Waals surface area contributed by atoms with Gasteiger partial charge in [0.15, 0.2) is 0 Å². The number of nitrogens with zero attached hydrogens (tertiary/aromatic N) is 1. The second-order valence-corrected chi connectivity index (χ2v) is 5.69. The van der Waals surface area contributed by atoms with E-state index in [-0.39, 0.29) is 29.8 Å². The van der Waals surface area contributed by atoms with Crippen molar-refractivity contribution in [3.05, 3.63) is 35.1 Å². The maximum Gasteiger partial charge on any atom is 0.230 e. The standard InChI is InChI=1S/C16H20FN3O2/c1-10(14(21)19-4)9-20-15(22)16(2,3)12-5-11(8-18)6-13(17)7-12/h5-7,10H,9H2,1-4H3,(H,19,21)(H,20,22)/t10-/m0/s1. The van der Waals surface area contributed by atoms with Crippen LogP contribution in [0.5, 0.6) is 0 Å². The molecule has 0 fully saturated rings. The molecule has 1 rings (SSSR count). The Labute approximate surface area is 129 Å². The van der Waals surface area contributed by atoms with Crippen LogP contribution in [0.3, 0.4) is 0 Å². The van der Waals surface area contributed by atoms with Crippen molar-refractivity contribution in [1.82, 2.24) is 10.6 Å². The number of benzene rings is 1. The molecule has 2 N–H and O–H groups in total. The largest absolute Gasteiger partial charge is 0.359 e. The van der Waals surface area contributed by atoms with Gasteiger partial charge in [0.1, 0.15) is 5.82 Å². The predicted molar refractivity (Wildman–Crippen MR) is 80.4 cm³/mol. The molecule has 2 amide bonds. The summed E-state index contributed by atoms with van der Waals surface area (Å²) in [7, 11) is 1.53. The van der Waals surface area contributed by atoms with Crippen LogP contribution in [0, 0.1) is 23.1 Å². The maximum atomic E-state index is 13.5. The van der Waals surface area contributed by atoms with Gasteiger partial charge < -0.3 is 10.6 Å². The lowest BCUT2D eigenvalue weighted by atomic mass is 9.83. The van der Waals surface area contributed by atoms with E-state index in [4.69, 9.17) is 5.26 Å². The van der Waals surface area contributed by atoms with Gasteiger partial charge in [0, 0.05) is 13.6 Å². The van der Waals surface area contributed by atoms with Crippen molar-refractivity contribution < 1.29 is 14.0 Å². The van der Waals surface area contributed by atoms with E-state index in [1.54, 1.807) is 20.8 Å². The summed E-state index contributed by atoms with van der Waals surface area (Å²) in [6.07, 6.45) is 0. The minimum atomic E-state index is -1.02. The fraction of sp³-hybridized carbons (Fsp3) is 0.438. The molecule has 0 unspecified atom stereocenters. The normalized spacial score (nSPS) is 12.2. The van der Waals surface area contributed by atoms with E-state index >= 15 is 0 Å². The van der Waals surface area contributed by atoms with Gasteiger partial charge >= 0.3 is 0 Å². The van der Waals surface area contributed by atoms with E-state index in [0.29, 0.717) is 5.56 Å². The van der Waals surface area contributed by atoms with Gasteiger partial charge in [0.25, 0.3) is 0 Å². The molecule has 0 saturated carbocycles. The van der Waals surface area contributed by atoms with Gasteiger partial charge in [0.2, 0.25) is 11.8 Å². The molecule has 0 aromatic heterocycles. The SMILES string of the molecule is CNC(=O)[C@@H](C)CNC(=O)C(C)(C)c1cc(F)cc(C#N)c1. The number of rotatable bonds is 5. The summed E-state index contributed by atoms with van der Waals surface area (Å²) in [6, 6.07) is 5.71. The van der Waals surface area contributed by atoms with E-state index < -0.39 is 11.2 Å². The third-order valence-electron chi connectivity index (χ3n) is 3.58. The number of carbonyl (C=O) groups excluding carboxylic acids is 2. The van der Waals surface area contributed by atoms with Crippen LogP contribution in [-0.2, 0) is 15.0 Å². The summed E-state index contributed by atoms with van der Waals surface area (Å²) in [6.45, 7) is 5.16. The van der Waals surface area contributed by atoms with Crippen molar-refractivity contribution in [3.63, 3.8) is 0 Å². The molecule has 0 aliphatic carbocycles. The zero-order valence-electron chi connectivity index (χ0n) is 13.2. The lowest BCUT2D eigenvalue weighted by Crippen LogP contribution is -2.44. The van der Waals surface area contributed by atoms with Crippen LogP contribution in [0.4, 0.5) is 4.39 Å². The Hall–Kier alpha value is -2.42. The lowest BCUT2D eigenvalue weighted by Gasteiger charge is -2.25. The molecule has 0 aliphatic rings. The summed E-state index contributed by atoms with van der Waals surface area (Å²) in [5.74, 6) is -1.44. The Bertz CT molecular complexity index is 620. The van der Waals surface area contributed by atoms with Gasteiger partial charge in [0.05, 0.1) is 23.0 Å². The molecule has 0 saturated heterocycles. The van der Waals surface area contributed by atoms with Gasteiger partial charge in [-0.2, -0.15) is 5.26 Å². The molecule has 0 spiro atoms. The van der Waals surface area contributed by atoms with Gasteiger partial charge in [-0.15, -0.1) is 0 Å². The highest BCUT2D eigenvalue weighted by atomic mass is 19.1. The first-order valence-corrected chi connectivity index (χ1v) is 6.93. The number of nitriles is 1. The Morgan fingerprint density at radius 1 is 1.36 bits per heavy atom. The molecule has 0 bridgehead atoms. The van der Waals surface area contributed by atoms with E-state index in [9.17, 15) is 14.0 Å². The number of halogens is 1. The number of carbonyl (C=O) groups is 2. The van der Waals surface area contributed by atoms with Crippen LogP contribution < -0.4 is 10.6 Å². The molecule has 1 aromatic rings. The first kappa shape index (κ1) is 17.6. The van der Waals surface area contributed by atoms with E-state index in [0.717, 1.165) is 6.07 Å². The van der Waals surface area contributed by atoms with Crippen LogP contribution in [0.1, 0.15) is 31.9 Å². The fourth-order valence-corrected chi connectivity index (χ4v) is 1.95. The van der Waals surface area contributed by atoms with E-state index in [2.05, 4.69) is 10.6 Å². The topological polar surface area (TPSA) is 82.0 Å². The Morgan fingerprint density at radius 3 is 2.55 bits per heavy atom. The average Bonchev–Trinajstić information content (AvgIpc) is 2.50. The highest BCUT2D eigenvalue weighted by Gasteiger charge is 2.31. The van der Waals surface area contributed by atoms with Gasteiger partial charge in [-0.25, -0.2) is 4.39 Å². The molecular weight excluding hydrogens is 285 g/mol. The quantitative estimate of drug-likeness (QED) is 0.864. The summed E-state index contributed by atoms with van der Waals surface area (Å²) in [5, 5.41) is 14.1. The minimum absolute atomic E-state index is 0.162. The second-order valence-electron chi connectivity index (χ2n) is 5.69. The molecule has 5 nitrogen and oxygen atoms in total. The fourth-order valence-electron chi connectivity index (χ4n) is 1.95. The Balaban J connectivity index is 2.90. The van der Waals surface area contributed by atoms with E-state index in [1.807, 2.05) is 6.07 Å². The molecule has 1 aromatic carbocycles. The minimum Gasteiger partial charge on any atom is -0.359 e. The first-order chi connectivity index (χ1) is 10.2. The van der Waals surface area contributed by atoms with Crippen molar-refractivity contribution >= 4 is 11.8 Å². The number of hydrogen-bond acceptors (Lipinski definition) is 3. The Kier molecular flexibility index (Phi) is 5.63. The maximum absolute atomic E-state index is 13.5. The zero-order valence-corrected chi connectivity index (χ0v) is 13.2. The Morgan fingerprint density at radius 2 is 2.00 bits per heavy atom. The van der Waals surface area contributed by atoms with Gasteiger partial charge in [-0.1, -0.05) is 6.92 Å². The van der Waals surface area contributed by atoms with Crippen molar-refractivity contribution in [2.24, 2.45) is 5.92 Å². The monoisotopic (exact) mass is 305 g/mol. The smallest absolute Gasteiger partial charge is 0.230 e. The van der Waals surface area contributed by atoms with Crippen molar-refractivity contribution in [1.29, 1.82) is 5.26 Å². The molecule has 1 atom stereocenters. The molecule has 22 heavy (non-hydrogen) atoms. The molecule has 118 valence electrons. The summed E-state index contributed by atoms with van der Waals surface area (Å²) in [5.41, 5.74) is -0.445. The van der Waals surface area contributed by atoms with Gasteiger partial charge in [-0.05, 0) is 37.6 Å². The number of amides is 2. The van der Waals surface area contributed by atoms with Gasteiger partial charge in [-0.3, -0.25) is 9.59 Å². The van der Waals surface area contributed by atoms with Crippen molar-refractivity contribution in [3.8, 4) is 6.07 Å². The van der Waals surface area contributed by atoms with Crippen molar-refractivity contribution in [2.75, 3.05) is 13.6 Å². The lowest BCUT2D eigenvalue weighted by molar-refractivity contribution is -0.127. The predicted octanol–water partition coefficient (Wildman–Crippen LogP) is 1.47. The number of nitrogens with one attached hydrogen (secondary N) is 2. The molecule has 0 radical (unpaired) electrons. The average molecular weight is 305 g/mol. The van der Waals surface area contributed by atoms with E-state index in [1.165, 1.54) is 19.2 Å². The highest BCUT2D eigenvalue weighted by Crippen LogP contribution is 2.25. The van der Waals surface area contributed by atoms with Crippen LogP contribution in [0.25, 0.3) is 0 Å². The molecular formula is C16H20FN3O2. The molecule has 0 aliphatic heterocycles. The van der Waals surface area contributed by atoms with Crippen LogP contribution in [-0.4, -0.2) is 25.4 Å². The van der Waals surface area contributed by atoms with Crippen molar-refractivity contribution in [2.45, 2.75) is 26.2 Å². The first-order valence-electron chi connectivity index (χ1n) is 6.93.